The van der Waals surface area contributed by atoms with E-state index < -0.39 is 0 Å². The van der Waals surface area contributed by atoms with Gasteiger partial charge in [0.05, 0.1) is 0 Å². The SMILES string of the molecule is CNC(Cc1cccc(Br)c1)c1ccc2ccccc2c1. The number of hydrogen-bond donors (Lipinski definition) is 1. The highest BCUT2D eigenvalue weighted by atomic mass is 79.9. The van der Waals surface area contributed by atoms with Gasteiger partial charge in [-0.15, -0.1) is 0 Å². The molecule has 0 aliphatic heterocycles. The van der Waals surface area contributed by atoms with Crippen LogP contribution in [-0.4, -0.2) is 7.05 Å². The second-order valence-corrected chi connectivity index (χ2v) is 6.20. The van der Waals surface area contributed by atoms with Crippen LogP contribution in [0.3, 0.4) is 0 Å². The van der Waals surface area contributed by atoms with Crippen molar-refractivity contribution in [2.75, 3.05) is 7.05 Å². The molecule has 3 aromatic rings. The van der Waals surface area contributed by atoms with E-state index in [0.29, 0.717) is 6.04 Å². The Balaban J connectivity index is 1.90. The van der Waals surface area contributed by atoms with Crippen molar-refractivity contribution in [1.29, 1.82) is 0 Å². The van der Waals surface area contributed by atoms with Crippen LogP contribution < -0.4 is 5.32 Å². The van der Waals surface area contributed by atoms with Crippen LogP contribution in [0.25, 0.3) is 10.8 Å². The molecule has 1 N–H and O–H groups in total. The molecule has 0 heterocycles. The van der Waals surface area contributed by atoms with Crippen LogP contribution in [0.2, 0.25) is 0 Å². The second kappa shape index (κ2) is 6.42. The fourth-order valence-corrected chi connectivity index (χ4v) is 3.16. The van der Waals surface area contributed by atoms with E-state index in [-0.39, 0.29) is 0 Å². The van der Waals surface area contributed by atoms with Gasteiger partial charge in [0, 0.05) is 10.5 Å². The minimum Gasteiger partial charge on any atom is -0.313 e. The lowest BCUT2D eigenvalue weighted by Crippen LogP contribution is -2.18. The first-order chi connectivity index (χ1) is 10.3. The molecule has 0 radical (unpaired) electrons. The van der Waals surface area contributed by atoms with Gasteiger partial charge in [0.15, 0.2) is 0 Å². The summed E-state index contributed by atoms with van der Waals surface area (Å²) in [4.78, 5) is 0. The number of halogens is 1. The van der Waals surface area contributed by atoms with Crippen LogP contribution in [0.4, 0.5) is 0 Å². The van der Waals surface area contributed by atoms with Gasteiger partial charge in [0.25, 0.3) is 0 Å². The van der Waals surface area contributed by atoms with Crippen molar-refractivity contribution in [3.8, 4) is 0 Å². The lowest BCUT2D eigenvalue weighted by molar-refractivity contribution is 0.592. The number of benzene rings is 3. The summed E-state index contributed by atoms with van der Waals surface area (Å²) >= 11 is 3.54. The number of nitrogens with one attached hydrogen (secondary N) is 1. The molecule has 0 aromatic heterocycles. The van der Waals surface area contributed by atoms with E-state index in [9.17, 15) is 0 Å². The molecule has 0 spiro atoms. The van der Waals surface area contributed by atoms with E-state index in [0.717, 1.165) is 10.9 Å². The number of likely N-dealkylation sites (N-methyl/N-ethyl adjacent to an activating group) is 1. The molecule has 0 amide bonds. The van der Waals surface area contributed by atoms with Crippen molar-refractivity contribution in [2.24, 2.45) is 0 Å². The van der Waals surface area contributed by atoms with Gasteiger partial charge in [0.1, 0.15) is 0 Å². The first-order valence-corrected chi connectivity index (χ1v) is 7.96. The van der Waals surface area contributed by atoms with E-state index in [1.54, 1.807) is 0 Å². The molecule has 1 unspecified atom stereocenters. The Labute approximate surface area is 134 Å². The highest BCUT2D eigenvalue weighted by molar-refractivity contribution is 9.10. The summed E-state index contributed by atoms with van der Waals surface area (Å²) in [6.45, 7) is 0. The first kappa shape index (κ1) is 14.3. The van der Waals surface area contributed by atoms with Crippen molar-refractivity contribution in [3.63, 3.8) is 0 Å². The minimum atomic E-state index is 0.323. The molecule has 3 aromatic carbocycles. The van der Waals surface area contributed by atoms with Gasteiger partial charge < -0.3 is 5.32 Å². The van der Waals surface area contributed by atoms with Crippen LogP contribution in [0.1, 0.15) is 17.2 Å². The quantitative estimate of drug-likeness (QED) is 0.696. The lowest BCUT2D eigenvalue weighted by atomic mass is 9.97. The van der Waals surface area contributed by atoms with Crippen LogP contribution in [-0.2, 0) is 6.42 Å². The number of rotatable bonds is 4. The molecule has 0 saturated carbocycles. The van der Waals surface area contributed by atoms with Crippen molar-refractivity contribution in [2.45, 2.75) is 12.5 Å². The maximum absolute atomic E-state index is 3.54. The normalized spacial score (nSPS) is 12.5. The molecule has 0 saturated heterocycles. The standard InChI is InChI=1S/C19H18BrN/c1-21-19(12-14-5-4-8-18(20)11-14)17-10-9-15-6-2-3-7-16(15)13-17/h2-11,13,19,21H,12H2,1H3. The monoisotopic (exact) mass is 339 g/mol. The summed E-state index contributed by atoms with van der Waals surface area (Å²) in [5.74, 6) is 0. The van der Waals surface area contributed by atoms with Gasteiger partial charge in [0.2, 0.25) is 0 Å². The summed E-state index contributed by atoms with van der Waals surface area (Å²) in [6, 6.07) is 24.1. The molecule has 106 valence electrons. The molecule has 3 rings (SSSR count). The summed E-state index contributed by atoms with van der Waals surface area (Å²) in [5.41, 5.74) is 2.66. The predicted molar refractivity (Wildman–Crippen MR) is 93.6 cm³/mol. The molecule has 0 bridgehead atoms. The van der Waals surface area contributed by atoms with Crippen LogP contribution in [0.15, 0.2) is 71.2 Å². The molecule has 1 atom stereocenters. The predicted octanol–water partition coefficient (Wildman–Crippen LogP) is 5.11. The summed E-state index contributed by atoms with van der Waals surface area (Å²) in [6.07, 6.45) is 0.980. The van der Waals surface area contributed by atoms with Gasteiger partial charge >= 0.3 is 0 Å². The van der Waals surface area contributed by atoms with E-state index >= 15 is 0 Å². The Morgan fingerprint density at radius 3 is 2.48 bits per heavy atom. The molecule has 2 heteroatoms. The van der Waals surface area contributed by atoms with Crippen LogP contribution >= 0.6 is 15.9 Å². The smallest absolute Gasteiger partial charge is 0.0358 e. The van der Waals surface area contributed by atoms with Gasteiger partial charge in [-0.05, 0) is 53.6 Å². The van der Waals surface area contributed by atoms with Gasteiger partial charge in [-0.1, -0.05) is 64.5 Å². The molecule has 0 aliphatic carbocycles. The highest BCUT2D eigenvalue weighted by Gasteiger charge is 2.10. The summed E-state index contributed by atoms with van der Waals surface area (Å²) < 4.78 is 1.13. The summed E-state index contributed by atoms with van der Waals surface area (Å²) in [5, 5.41) is 6.02. The van der Waals surface area contributed by atoms with Crippen molar-refractivity contribution < 1.29 is 0 Å². The lowest BCUT2D eigenvalue weighted by Gasteiger charge is -2.17. The molecule has 21 heavy (non-hydrogen) atoms. The highest BCUT2D eigenvalue weighted by Crippen LogP contribution is 2.24. The third kappa shape index (κ3) is 3.34. The summed E-state index contributed by atoms with van der Waals surface area (Å²) in [7, 11) is 2.03. The Morgan fingerprint density at radius 2 is 1.71 bits per heavy atom. The fourth-order valence-electron chi connectivity index (χ4n) is 2.71. The van der Waals surface area contributed by atoms with Gasteiger partial charge in [-0.2, -0.15) is 0 Å². The molecular formula is C19H18BrN. The maximum atomic E-state index is 3.54. The second-order valence-electron chi connectivity index (χ2n) is 5.28. The molecule has 1 nitrogen and oxygen atoms in total. The topological polar surface area (TPSA) is 12.0 Å². The Morgan fingerprint density at radius 1 is 0.905 bits per heavy atom. The Bertz CT molecular complexity index is 751. The van der Waals surface area contributed by atoms with Crippen molar-refractivity contribution >= 4 is 26.7 Å². The largest absolute Gasteiger partial charge is 0.313 e. The average molecular weight is 340 g/mol. The van der Waals surface area contributed by atoms with Crippen LogP contribution in [0.5, 0.6) is 0 Å². The third-order valence-corrected chi connectivity index (χ3v) is 4.35. The van der Waals surface area contributed by atoms with Gasteiger partial charge in [-0.25, -0.2) is 0 Å². The molecular weight excluding hydrogens is 322 g/mol. The zero-order valence-corrected chi connectivity index (χ0v) is 13.6. The van der Waals surface area contributed by atoms with Crippen molar-refractivity contribution in [3.05, 3.63) is 82.3 Å². The average Bonchev–Trinajstić information content (AvgIpc) is 2.52. The zero-order valence-electron chi connectivity index (χ0n) is 12.0. The minimum absolute atomic E-state index is 0.323. The third-order valence-electron chi connectivity index (χ3n) is 3.85. The van der Waals surface area contributed by atoms with E-state index in [2.05, 4.69) is 88.0 Å². The zero-order chi connectivity index (χ0) is 14.7. The number of hydrogen-bond acceptors (Lipinski definition) is 1. The first-order valence-electron chi connectivity index (χ1n) is 7.16. The van der Waals surface area contributed by atoms with E-state index in [4.69, 9.17) is 0 Å². The Hall–Kier alpha value is -1.64. The molecule has 0 fully saturated rings. The van der Waals surface area contributed by atoms with Crippen molar-refractivity contribution in [1.82, 2.24) is 5.32 Å². The van der Waals surface area contributed by atoms with E-state index in [1.165, 1.54) is 21.9 Å². The maximum Gasteiger partial charge on any atom is 0.0358 e. The molecule has 0 aliphatic rings. The van der Waals surface area contributed by atoms with Crippen LogP contribution in [0, 0.1) is 0 Å². The van der Waals surface area contributed by atoms with Gasteiger partial charge in [-0.3, -0.25) is 0 Å². The number of fused-ring (bicyclic) bond motifs is 1. The fraction of sp³-hybridized carbons (Fsp3) is 0.158. The Kier molecular flexibility index (Phi) is 4.37. The van der Waals surface area contributed by atoms with E-state index in [1.807, 2.05) is 7.05 Å².